The zero-order valence-corrected chi connectivity index (χ0v) is 10.7. The molecule has 1 atom stereocenters. The SMILES string of the molecule is Cc1cc2c(cc1CN(C)CC(O)CO)OCO2. The van der Waals surface area contributed by atoms with Crippen molar-refractivity contribution in [2.45, 2.75) is 19.6 Å². The Morgan fingerprint density at radius 3 is 2.67 bits per heavy atom. The lowest BCUT2D eigenvalue weighted by Gasteiger charge is -2.20. The summed E-state index contributed by atoms with van der Waals surface area (Å²) in [6.45, 7) is 3.21. The average molecular weight is 253 g/mol. The second-order valence-corrected chi connectivity index (χ2v) is 4.67. The third-order valence-corrected chi connectivity index (χ3v) is 3.00. The maximum atomic E-state index is 9.39. The van der Waals surface area contributed by atoms with E-state index in [2.05, 4.69) is 0 Å². The molecule has 0 aliphatic carbocycles. The highest BCUT2D eigenvalue weighted by Crippen LogP contribution is 2.34. The Labute approximate surface area is 107 Å². The highest BCUT2D eigenvalue weighted by atomic mass is 16.7. The van der Waals surface area contributed by atoms with Crippen molar-refractivity contribution >= 4 is 0 Å². The van der Waals surface area contributed by atoms with E-state index in [1.165, 1.54) is 0 Å². The number of aryl methyl sites for hydroxylation is 1. The van der Waals surface area contributed by atoms with Gasteiger partial charge in [-0.3, -0.25) is 4.90 Å². The van der Waals surface area contributed by atoms with Crippen molar-refractivity contribution in [2.75, 3.05) is 27.0 Å². The molecule has 2 rings (SSSR count). The van der Waals surface area contributed by atoms with Crippen LogP contribution in [0.4, 0.5) is 0 Å². The number of ether oxygens (including phenoxy) is 2. The fraction of sp³-hybridized carbons (Fsp3) is 0.538. The average Bonchev–Trinajstić information content (AvgIpc) is 2.76. The molecule has 1 aliphatic heterocycles. The minimum Gasteiger partial charge on any atom is -0.454 e. The monoisotopic (exact) mass is 253 g/mol. The van der Waals surface area contributed by atoms with Gasteiger partial charge in [-0.25, -0.2) is 0 Å². The van der Waals surface area contributed by atoms with Crippen molar-refractivity contribution in [3.63, 3.8) is 0 Å². The predicted octanol–water partition coefficient (Wildman–Crippen LogP) is 0.509. The molecule has 1 unspecified atom stereocenters. The number of benzene rings is 1. The van der Waals surface area contributed by atoms with Crippen molar-refractivity contribution in [3.05, 3.63) is 23.3 Å². The molecular weight excluding hydrogens is 234 g/mol. The molecule has 0 bridgehead atoms. The Balaban J connectivity index is 2.05. The number of hydrogen-bond acceptors (Lipinski definition) is 5. The zero-order valence-electron chi connectivity index (χ0n) is 10.7. The molecule has 0 spiro atoms. The van der Waals surface area contributed by atoms with Gasteiger partial charge in [0.25, 0.3) is 0 Å². The molecule has 0 aromatic heterocycles. The van der Waals surface area contributed by atoms with Gasteiger partial charge < -0.3 is 19.7 Å². The van der Waals surface area contributed by atoms with E-state index in [9.17, 15) is 5.11 Å². The topological polar surface area (TPSA) is 62.2 Å². The molecule has 0 radical (unpaired) electrons. The van der Waals surface area contributed by atoms with E-state index in [0.717, 1.165) is 22.6 Å². The molecule has 0 saturated heterocycles. The Morgan fingerprint density at radius 2 is 2.00 bits per heavy atom. The van der Waals surface area contributed by atoms with Crippen molar-refractivity contribution in [3.8, 4) is 11.5 Å². The lowest BCUT2D eigenvalue weighted by atomic mass is 10.1. The summed E-state index contributed by atoms with van der Waals surface area (Å²) in [7, 11) is 1.91. The van der Waals surface area contributed by atoms with Crippen LogP contribution in [0, 0.1) is 6.92 Å². The van der Waals surface area contributed by atoms with Crippen LogP contribution in [0.3, 0.4) is 0 Å². The van der Waals surface area contributed by atoms with Crippen molar-refractivity contribution < 1.29 is 19.7 Å². The van der Waals surface area contributed by atoms with Crippen molar-refractivity contribution in [2.24, 2.45) is 0 Å². The van der Waals surface area contributed by atoms with Crippen LogP contribution in [0.2, 0.25) is 0 Å². The van der Waals surface area contributed by atoms with Gasteiger partial charge in [0.2, 0.25) is 6.79 Å². The highest BCUT2D eigenvalue weighted by molar-refractivity contribution is 5.48. The Bertz CT molecular complexity index is 422. The molecule has 0 saturated carbocycles. The van der Waals surface area contributed by atoms with E-state index in [0.29, 0.717) is 13.1 Å². The van der Waals surface area contributed by atoms with E-state index in [1.807, 2.05) is 31.0 Å². The number of nitrogens with zero attached hydrogens (tertiary/aromatic N) is 1. The summed E-state index contributed by atoms with van der Waals surface area (Å²) in [6.07, 6.45) is -0.704. The first-order chi connectivity index (χ1) is 8.60. The van der Waals surface area contributed by atoms with E-state index in [-0.39, 0.29) is 13.4 Å². The summed E-state index contributed by atoms with van der Waals surface area (Å²) < 4.78 is 10.7. The standard InChI is InChI=1S/C13H19NO4/c1-9-3-12-13(18-8-17-12)4-10(9)5-14(2)6-11(16)7-15/h3-4,11,15-16H,5-8H2,1-2H3. The Hall–Kier alpha value is -1.30. The van der Waals surface area contributed by atoms with Gasteiger partial charge in [-0.1, -0.05) is 0 Å². The minimum atomic E-state index is -0.704. The van der Waals surface area contributed by atoms with E-state index in [4.69, 9.17) is 14.6 Å². The van der Waals surface area contributed by atoms with Crippen LogP contribution in [0.15, 0.2) is 12.1 Å². The summed E-state index contributed by atoms with van der Waals surface area (Å²) in [4.78, 5) is 1.96. The van der Waals surface area contributed by atoms with Crippen LogP contribution in [0.25, 0.3) is 0 Å². The molecule has 5 heteroatoms. The lowest BCUT2D eigenvalue weighted by molar-refractivity contribution is 0.0647. The second kappa shape index (κ2) is 5.56. The first kappa shape index (κ1) is 13.1. The van der Waals surface area contributed by atoms with Crippen LogP contribution < -0.4 is 9.47 Å². The number of likely N-dealkylation sites (N-methyl/N-ethyl adjacent to an activating group) is 1. The highest BCUT2D eigenvalue weighted by Gasteiger charge is 2.16. The summed E-state index contributed by atoms with van der Waals surface area (Å²) in [5.74, 6) is 1.56. The molecule has 0 amide bonds. The number of aliphatic hydroxyl groups excluding tert-OH is 2. The summed E-state index contributed by atoms with van der Waals surface area (Å²) in [5.41, 5.74) is 2.26. The van der Waals surface area contributed by atoms with Gasteiger partial charge in [0.05, 0.1) is 12.7 Å². The summed E-state index contributed by atoms with van der Waals surface area (Å²) in [6, 6.07) is 3.94. The number of aliphatic hydroxyl groups is 2. The van der Waals surface area contributed by atoms with E-state index in [1.54, 1.807) is 0 Å². The molecule has 0 fully saturated rings. The van der Waals surface area contributed by atoms with E-state index >= 15 is 0 Å². The summed E-state index contributed by atoms with van der Waals surface area (Å²) in [5, 5.41) is 18.2. The van der Waals surface area contributed by atoms with Crippen LogP contribution in [0.5, 0.6) is 11.5 Å². The first-order valence-electron chi connectivity index (χ1n) is 5.96. The van der Waals surface area contributed by atoms with Crippen molar-refractivity contribution in [1.82, 2.24) is 4.90 Å². The number of hydrogen-bond donors (Lipinski definition) is 2. The predicted molar refractivity (Wildman–Crippen MR) is 66.7 cm³/mol. The molecule has 1 aromatic rings. The largest absolute Gasteiger partial charge is 0.454 e. The lowest BCUT2D eigenvalue weighted by Crippen LogP contribution is -2.31. The van der Waals surface area contributed by atoms with Crippen molar-refractivity contribution in [1.29, 1.82) is 0 Å². The fourth-order valence-corrected chi connectivity index (χ4v) is 2.03. The first-order valence-corrected chi connectivity index (χ1v) is 5.96. The third kappa shape index (κ3) is 2.93. The molecule has 100 valence electrons. The maximum Gasteiger partial charge on any atom is 0.231 e. The maximum absolute atomic E-state index is 9.39. The molecule has 2 N–H and O–H groups in total. The molecule has 1 aromatic carbocycles. The number of rotatable bonds is 5. The van der Waals surface area contributed by atoms with Crippen LogP contribution in [0.1, 0.15) is 11.1 Å². The van der Waals surface area contributed by atoms with Gasteiger partial charge in [0.15, 0.2) is 11.5 Å². The second-order valence-electron chi connectivity index (χ2n) is 4.67. The summed E-state index contributed by atoms with van der Waals surface area (Å²) >= 11 is 0. The third-order valence-electron chi connectivity index (χ3n) is 3.00. The fourth-order valence-electron chi connectivity index (χ4n) is 2.03. The van der Waals surface area contributed by atoms with Crippen LogP contribution in [-0.2, 0) is 6.54 Å². The van der Waals surface area contributed by atoms with Crippen LogP contribution in [-0.4, -0.2) is 48.2 Å². The zero-order chi connectivity index (χ0) is 13.1. The van der Waals surface area contributed by atoms with E-state index < -0.39 is 6.10 Å². The van der Waals surface area contributed by atoms with Gasteiger partial charge in [-0.05, 0) is 37.2 Å². The molecule has 5 nitrogen and oxygen atoms in total. The smallest absolute Gasteiger partial charge is 0.231 e. The number of fused-ring (bicyclic) bond motifs is 1. The molecule has 18 heavy (non-hydrogen) atoms. The van der Waals surface area contributed by atoms with Gasteiger partial charge >= 0.3 is 0 Å². The van der Waals surface area contributed by atoms with Gasteiger partial charge in [0.1, 0.15) is 0 Å². The van der Waals surface area contributed by atoms with Gasteiger partial charge in [-0.15, -0.1) is 0 Å². The Kier molecular flexibility index (Phi) is 4.06. The molecule has 1 heterocycles. The molecule has 1 aliphatic rings. The normalized spacial score (nSPS) is 15.2. The van der Waals surface area contributed by atoms with Gasteiger partial charge in [0, 0.05) is 13.1 Å². The molecular formula is C13H19NO4. The Morgan fingerprint density at radius 1 is 1.33 bits per heavy atom. The minimum absolute atomic E-state index is 0.218. The van der Waals surface area contributed by atoms with Gasteiger partial charge in [-0.2, -0.15) is 0 Å². The quantitative estimate of drug-likeness (QED) is 0.800. The van der Waals surface area contributed by atoms with Crippen LogP contribution >= 0.6 is 0 Å².